The van der Waals surface area contributed by atoms with Crippen molar-refractivity contribution < 1.29 is 14.0 Å². The highest BCUT2D eigenvalue weighted by atomic mass is 32.1. The number of aromatic nitrogens is 3. The number of carbonyl (C=O) groups is 2. The number of thiophene rings is 1. The lowest BCUT2D eigenvalue weighted by molar-refractivity contribution is 0.0995. The number of benzene rings is 1. The molecule has 4 aromatic heterocycles. The van der Waals surface area contributed by atoms with Gasteiger partial charge >= 0.3 is 0 Å². The lowest BCUT2D eigenvalue weighted by Crippen LogP contribution is -2.10. The van der Waals surface area contributed by atoms with E-state index in [9.17, 15) is 9.59 Å². The van der Waals surface area contributed by atoms with E-state index in [4.69, 9.17) is 4.42 Å². The molecule has 4 heterocycles. The second kappa shape index (κ2) is 8.85. The van der Waals surface area contributed by atoms with Gasteiger partial charge in [-0.25, -0.2) is 9.97 Å². The highest BCUT2D eigenvalue weighted by Crippen LogP contribution is 2.38. The number of carbonyl (C=O) groups excluding carboxylic acids is 2. The summed E-state index contributed by atoms with van der Waals surface area (Å²) in [6, 6.07) is 16.3. The van der Waals surface area contributed by atoms with Gasteiger partial charge in [0.05, 0.1) is 26.7 Å². The Kier molecular flexibility index (Phi) is 5.59. The van der Waals surface area contributed by atoms with Crippen LogP contribution in [0.15, 0.2) is 77.7 Å². The number of thiazole rings is 1. The molecule has 0 bridgehead atoms. The highest BCUT2D eigenvalue weighted by Gasteiger charge is 2.20. The first-order valence-corrected chi connectivity index (χ1v) is 11.5. The van der Waals surface area contributed by atoms with Gasteiger partial charge in [0.2, 0.25) is 0 Å². The number of hydrogen-bond donors (Lipinski definition) is 2. The fourth-order valence-electron chi connectivity index (χ4n) is 3.17. The Morgan fingerprint density at radius 2 is 1.82 bits per heavy atom. The number of hydrogen-bond acceptors (Lipinski definition) is 7. The summed E-state index contributed by atoms with van der Waals surface area (Å²) in [7, 11) is 1.92. The maximum atomic E-state index is 12.9. The lowest BCUT2D eigenvalue weighted by atomic mass is 10.1. The minimum Gasteiger partial charge on any atom is -0.459 e. The molecule has 0 saturated carbocycles. The monoisotopic (exact) mass is 475 g/mol. The standard InChI is InChI=1S/C23H17N5O3S2/c1-28-12-11-24-20(28)19-18(14-6-3-2-4-7-14)26-23(33-19)27-22(30)16-9-10-17(32-16)25-21(29)15-8-5-13-31-15/h2-13H,1H3,(H,25,29)(H,26,27,30). The summed E-state index contributed by atoms with van der Waals surface area (Å²) in [5.41, 5.74) is 1.69. The zero-order chi connectivity index (χ0) is 22.8. The van der Waals surface area contributed by atoms with Crippen LogP contribution in [-0.4, -0.2) is 26.3 Å². The van der Waals surface area contributed by atoms with E-state index in [0.29, 0.717) is 15.0 Å². The van der Waals surface area contributed by atoms with Crippen molar-refractivity contribution in [2.75, 3.05) is 10.6 Å². The predicted molar refractivity (Wildman–Crippen MR) is 129 cm³/mol. The zero-order valence-corrected chi connectivity index (χ0v) is 18.9. The van der Waals surface area contributed by atoms with Crippen LogP contribution in [0.5, 0.6) is 0 Å². The molecule has 5 aromatic rings. The number of rotatable bonds is 6. The first kappa shape index (κ1) is 20.9. The van der Waals surface area contributed by atoms with Crippen molar-refractivity contribution >= 4 is 44.6 Å². The molecule has 10 heteroatoms. The maximum Gasteiger partial charge on any atom is 0.291 e. The van der Waals surface area contributed by atoms with E-state index in [-0.39, 0.29) is 17.6 Å². The van der Waals surface area contributed by atoms with Gasteiger partial charge in [0.1, 0.15) is 0 Å². The van der Waals surface area contributed by atoms with Crippen molar-refractivity contribution in [3.8, 4) is 22.0 Å². The predicted octanol–water partition coefficient (Wildman–Crippen LogP) is 5.37. The quantitative estimate of drug-likeness (QED) is 0.344. The van der Waals surface area contributed by atoms with E-state index in [1.807, 2.05) is 48.1 Å². The molecular weight excluding hydrogens is 458 g/mol. The van der Waals surface area contributed by atoms with Crippen LogP contribution in [0.25, 0.3) is 22.0 Å². The Bertz CT molecular complexity index is 1420. The molecule has 0 fully saturated rings. The van der Waals surface area contributed by atoms with Crippen molar-refractivity contribution in [2.45, 2.75) is 0 Å². The largest absolute Gasteiger partial charge is 0.459 e. The van der Waals surface area contributed by atoms with Gasteiger partial charge in [-0.1, -0.05) is 41.7 Å². The minimum absolute atomic E-state index is 0.201. The van der Waals surface area contributed by atoms with E-state index in [1.165, 1.54) is 28.9 Å². The fourth-order valence-corrected chi connectivity index (χ4v) is 4.99. The van der Waals surface area contributed by atoms with Gasteiger partial charge in [0, 0.05) is 25.0 Å². The van der Waals surface area contributed by atoms with Crippen molar-refractivity contribution in [1.29, 1.82) is 0 Å². The maximum absolute atomic E-state index is 12.9. The average Bonchev–Trinajstić information content (AvgIpc) is 3.61. The van der Waals surface area contributed by atoms with Crippen molar-refractivity contribution in [3.05, 3.63) is 83.9 Å². The summed E-state index contributed by atoms with van der Waals surface area (Å²) in [5.74, 6) is 0.289. The number of amides is 2. The van der Waals surface area contributed by atoms with Crippen LogP contribution in [0.2, 0.25) is 0 Å². The summed E-state index contributed by atoms with van der Waals surface area (Å²) < 4.78 is 7.00. The topological polar surface area (TPSA) is 102 Å². The first-order chi connectivity index (χ1) is 16.1. The molecule has 0 unspecified atom stereocenters. The van der Waals surface area contributed by atoms with Crippen LogP contribution >= 0.6 is 22.7 Å². The summed E-state index contributed by atoms with van der Waals surface area (Å²) in [6.45, 7) is 0. The molecule has 2 N–H and O–H groups in total. The normalized spacial score (nSPS) is 10.8. The van der Waals surface area contributed by atoms with Crippen molar-refractivity contribution in [2.24, 2.45) is 7.05 Å². The molecule has 0 spiro atoms. The van der Waals surface area contributed by atoms with Crippen LogP contribution in [0, 0.1) is 0 Å². The molecule has 0 radical (unpaired) electrons. The molecule has 5 rings (SSSR count). The van der Waals surface area contributed by atoms with Crippen molar-refractivity contribution in [3.63, 3.8) is 0 Å². The average molecular weight is 476 g/mol. The first-order valence-electron chi connectivity index (χ1n) is 9.88. The van der Waals surface area contributed by atoms with Gasteiger partial charge in [-0.3, -0.25) is 14.9 Å². The number of nitrogens with one attached hydrogen (secondary N) is 2. The number of aryl methyl sites for hydroxylation is 1. The summed E-state index contributed by atoms with van der Waals surface area (Å²) >= 11 is 2.53. The zero-order valence-electron chi connectivity index (χ0n) is 17.3. The summed E-state index contributed by atoms with van der Waals surface area (Å²) in [5, 5.41) is 6.61. The van der Waals surface area contributed by atoms with Gasteiger partial charge in [0.25, 0.3) is 11.8 Å². The lowest BCUT2D eigenvalue weighted by Gasteiger charge is -2.02. The molecule has 1 aromatic carbocycles. The molecule has 0 saturated heterocycles. The van der Waals surface area contributed by atoms with Gasteiger partial charge in [-0.2, -0.15) is 0 Å². The van der Waals surface area contributed by atoms with E-state index in [0.717, 1.165) is 22.0 Å². The molecule has 164 valence electrons. The van der Waals surface area contributed by atoms with Crippen LogP contribution in [0.4, 0.5) is 10.1 Å². The molecular formula is C23H17N5O3S2. The Morgan fingerprint density at radius 1 is 0.970 bits per heavy atom. The van der Waals surface area contributed by atoms with Crippen LogP contribution < -0.4 is 10.6 Å². The minimum atomic E-state index is -0.374. The number of imidazole rings is 1. The summed E-state index contributed by atoms with van der Waals surface area (Å²) in [4.78, 5) is 35.5. The molecule has 33 heavy (non-hydrogen) atoms. The third-order valence-electron chi connectivity index (χ3n) is 4.73. The third kappa shape index (κ3) is 4.34. The summed E-state index contributed by atoms with van der Waals surface area (Å²) in [6.07, 6.45) is 5.03. The van der Waals surface area contributed by atoms with Gasteiger partial charge in [0.15, 0.2) is 16.7 Å². The molecule has 0 aliphatic heterocycles. The molecule has 8 nitrogen and oxygen atoms in total. The second-order valence-corrected chi connectivity index (χ2v) is 9.06. The SMILES string of the molecule is Cn1ccnc1-c1sc(NC(=O)c2ccc(NC(=O)c3ccco3)s2)nc1-c1ccccc1. The molecule has 0 aliphatic carbocycles. The number of furan rings is 1. The van der Waals surface area contributed by atoms with Gasteiger partial charge in [-0.15, -0.1) is 11.3 Å². The smallest absolute Gasteiger partial charge is 0.291 e. The Hall–Kier alpha value is -4.02. The fraction of sp³-hybridized carbons (Fsp3) is 0.0435. The second-order valence-electron chi connectivity index (χ2n) is 6.97. The van der Waals surface area contributed by atoms with E-state index in [1.54, 1.807) is 30.5 Å². The third-order valence-corrected chi connectivity index (χ3v) is 6.70. The van der Waals surface area contributed by atoms with Crippen molar-refractivity contribution in [1.82, 2.24) is 14.5 Å². The van der Waals surface area contributed by atoms with E-state index < -0.39 is 0 Å². The van der Waals surface area contributed by atoms with Crippen LogP contribution in [0.3, 0.4) is 0 Å². The highest BCUT2D eigenvalue weighted by molar-refractivity contribution is 7.20. The van der Waals surface area contributed by atoms with Gasteiger partial charge in [-0.05, 0) is 24.3 Å². The Morgan fingerprint density at radius 3 is 2.55 bits per heavy atom. The molecule has 0 atom stereocenters. The Labute approximate surface area is 196 Å². The number of anilines is 2. The van der Waals surface area contributed by atoms with E-state index in [2.05, 4.69) is 20.6 Å². The van der Waals surface area contributed by atoms with Crippen LogP contribution in [-0.2, 0) is 7.05 Å². The molecule has 0 aliphatic rings. The molecule has 2 amide bonds. The Balaban J connectivity index is 1.38. The van der Waals surface area contributed by atoms with Crippen LogP contribution in [0.1, 0.15) is 20.2 Å². The van der Waals surface area contributed by atoms with E-state index >= 15 is 0 Å². The van der Waals surface area contributed by atoms with Gasteiger partial charge < -0.3 is 14.3 Å². The number of nitrogens with zero attached hydrogens (tertiary/aromatic N) is 3.